The minimum absolute atomic E-state index is 0.00478. The normalized spacial score (nSPS) is 10.4. The minimum Gasteiger partial charge on any atom is -0.325 e. The zero-order valence-electron chi connectivity index (χ0n) is 11.2. The van der Waals surface area contributed by atoms with E-state index in [1.807, 2.05) is 18.7 Å². The third kappa shape index (κ3) is 4.30. The topological polar surface area (TPSA) is 49.4 Å². The standard InChI is InChI=1S/C14H20N2O2/c1-4-16(5-2)10-14(18)15-13-8-6-7-12(9-13)11(3)17/h6-9H,4-5,10H2,1-3H3,(H,15,18). The minimum atomic E-state index is -0.0561. The Morgan fingerprint density at radius 3 is 2.44 bits per heavy atom. The van der Waals surface area contributed by atoms with Gasteiger partial charge in [0.15, 0.2) is 5.78 Å². The van der Waals surface area contributed by atoms with Crippen LogP contribution in [0.4, 0.5) is 5.69 Å². The molecule has 0 bridgehead atoms. The molecule has 1 aromatic rings. The monoisotopic (exact) mass is 248 g/mol. The fourth-order valence-corrected chi connectivity index (χ4v) is 1.67. The van der Waals surface area contributed by atoms with E-state index in [0.717, 1.165) is 13.1 Å². The molecule has 4 nitrogen and oxygen atoms in total. The first-order valence-electron chi connectivity index (χ1n) is 6.20. The first-order valence-corrected chi connectivity index (χ1v) is 6.20. The van der Waals surface area contributed by atoms with Crippen molar-refractivity contribution in [3.05, 3.63) is 29.8 Å². The summed E-state index contributed by atoms with van der Waals surface area (Å²) >= 11 is 0. The maximum absolute atomic E-state index is 11.8. The van der Waals surface area contributed by atoms with Crippen molar-refractivity contribution >= 4 is 17.4 Å². The zero-order valence-corrected chi connectivity index (χ0v) is 11.2. The first kappa shape index (κ1) is 14.4. The van der Waals surface area contributed by atoms with Crippen molar-refractivity contribution in [1.82, 2.24) is 4.90 Å². The molecule has 0 aliphatic carbocycles. The smallest absolute Gasteiger partial charge is 0.238 e. The van der Waals surface area contributed by atoms with Crippen molar-refractivity contribution < 1.29 is 9.59 Å². The number of anilines is 1. The lowest BCUT2D eigenvalue weighted by atomic mass is 10.1. The van der Waals surface area contributed by atoms with Gasteiger partial charge in [-0.05, 0) is 32.1 Å². The summed E-state index contributed by atoms with van der Waals surface area (Å²) in [6, 6.07) is 6.99. The fourth-order valence-electron chi connectivity index (χ4n) is 1.67. The van der Waals surface area contributed by atoms with Gasteiger partial charge in [-0.2, -0.15) is 0 Å². The van der Waals surface area contributed by atoms with Gasteiger partial charge in [-0.25, -0.2) is 0 Å². The van der Waals surface area contributed by atoms with Gasteiger partial charge < -0.3 is 5.32 Å². The molecule has 4 heteroatoms. The number of rotatable bonds is 6. The number of benzene rings is 1. The Bertz CT molecular complexity index is 426. The maximum Gasteiger partial charge on any atom is 0.238 e. The van der Waals surface area contributed by atoms with E-state index in [4.69, 9.17) is 0 Å². The van der Waals surface area contributed by atoms with Crippen LogP contribution >= 0.6 is 0 Å². The Morgan fingerprint density at radius 1 is 1.22 bits per heavy atom. The lowest BCUT2D eigenvalue weighted by molar-refractivity contribution is -0.117. The van der Waals surface area contributed by atoms with E-state index in [2.05, 4.69) is 5.32 Å². The highest BCUT2D eigenvalue weighted by Crippen LogP contribution is 2.11. The maximum atomic E-state index is 11.8. The highest BCUT2D eigenvalue weighted by molar-refractivity contribution is 5.97. The molecule has 0 saturated heterocycles. The highest BCUT2D eigenvalue weighted by atomic mass is 16.2. The number of hydrogen-bond acceptors (Lipinski definition) is 3. The molecule has 1 N–H and O–H groups in total. The van der Waals surface area contributed by atoms with Crippen LogP contribution < -0.4 is 5.32 Å². The van der Waals surface area contributed by atoms with Crippen LogP contribution in [0.25, 0.3) is 0 Å². The van der Waals surface area contributed by atoms with Gasteiger partial charge in [-0.1, -0.05) is 26.0 Å². The second-order valence-corrected chi connectivity index (χ2v) is 4.15. The summed E-state index contributed by atoms with van der Waals surface area (Å²) in [7, 11) is 0. The SMILES string of the molecule is CCN(CC)CC(=O)Nc1cccc(C(C)=O)c1. The predicted octanol–water partition coefficient (Wildman–Crippen LogP) is 2.17. The average molecular weight is 248 g/mol. The molecule has 0 saturated carbocycles. The number of hydrogen-bond donors (Lipinski definition) is 1. The fraction of sp³-hybridized carbons (Fsp3) is 0.429. The van der Waals surface area contributed by atoms with E-state index >= 15 is 0 Å². The van der Waals surface area contributed by atoms with Gasteiger partial charge in [0.25, 0.3) is 0 Å². The highest BCUT2D eigenvalue weighted by Gasteiger charge is 2.08. The van der Waals surface area contributed by atoms with Crippen LogP contribution in [0.1, 0.15) is 31.1 Å². The van der Waals surface area contributed by atoms with E-state index in [1.165, 1.54) is 6.92 Å². The van der Waals surface area contributed by atoms with Crippen LogP contribution in [-0.2, 0) is 4.79 Å². The summed E-state index contributed by atoms with van der Waals surface area (Å²) in [4.78, 5) is 25.0. The van der Waals surface area contributed by atoms with Crippen LogP contribution in [0, 0.1) is 0 Å². The molecule has 0 fully saturated rings. The van der Waals surface area contributed by atoms with Gasteiger partial charge in [-0.15, -0.1) is 0 Å². The van der Waals surface area contributed by atoms with Crippen molar-refractivity contribution in [2.45, 2.75) is 20.8 Å². The van der Waals surface area contributed by atoms with Crippen LogP contribution in [-0.4, -0.2) is 36.2 Å². The Kier molecular flexibility index (Phi) is 5.52. The first-order chi connectivity index (χ1) is 8.56. The average Bonchev–Trinajstić information content (AvgIpc) is 2.36. The molecule has 0 aliphatic rings. The molecule has 1 rings (SSSR count). The van der Waals surface area contributed by atoms with Gasteiger partial charge >= 0.3 is 0 Å². The van der Waals surface area contributed by atoms with E-state index in [-0.39, 0.29) is 11.7 Å². The van der Waals surface area contributed by atoms with E-state index < -0.39 is 0 Å². The summed E-state index contributed by atoms with van der Waals surface area (Å²) in [5.41, 5.74) is 1.27. The predicted molar refractivity (Wildman–Crippen MR) is 72.9 cm³/mol. The van der Waals surface area contributed by atoms with Crippen molar-refractivity contribution in [1.29, 1.82) is 0 Å². The van der Waals surface area contributed by atoms with E-state index in [9.17, 15) is 9.59 Å². The molecule has 1 aromatic carbocycles. The molecule has 1 amide bonds. The summed E-state index contributed by atoms with van der Waals surface area (Å²) in [6.07, 6.45) is 0. The molecule has 0 aromatic heterocycles. The number of carbonyl (C=O) groups is 2. The summed E-state index contributed by atoms with van der Waals surface area (Å²) < 4.78 is 0. The Balaban J connectivity index is 2.64. The number of carbonyl (C=O) groups excluding carboxylic acids is 2. The molecular weight excluding hydrogens is 228 g/mol. The van der Waals surface area contributed by atoms with Crippen molar-refractivity contribution in [3.63, 3.8) is 0 Å². The van der Waals surface area contributed by atoms with Crippen LogP contribution in [0.3, 0.4) is 0 Å². The Labute approximate surface area is 108 Å². The van der Waals surface area contributed by atoms with Gasteiger partial charge in [-0.3, -0.25) is 14.5 Å². The largest absolute Gasteiger partial charge is 0.325 e. The molecule has 0 heterocycles. The van der Waals surface area contributed by atoms with Crippen molar-refractivity contribution in [2.24, 2.45) is 0 Å². The summed E-state index contributed by atoms with van der Waals surface area (Å²) in [5, 5.41) is 2.80. The summed E-state index contributed by atoms with van der Waals surface area (Å²) in [5.74, 6) is -0.0609. The summed E-state index contributed by atoms with van der Waals surface area (Å²) in [6.45, 7) is 7.61. The molecular formula is C14H20N2O2. The van der Waals surface area contributed by atoms with Crippen LogP contribution in [0.2, 0.25) is 0 Å². The number of likely N-dealkylation sites (N-methyl/N-ethyl adjacent to an activating group) is 1. The van der Waals surface area contributed by atoms with Crippen LogP contribution in [0.15, 0.2) is 24.3 Å². The molecule has 0 spiro atoms. The van der Waals surface area contributed by atoms with Gasteiger partial charge in [0.1, 0.15) is 0 Å². The molecule has 0 aliphatic heterocycles. The van der Waals surface area contributed by atoms with Crippen LogP contribution in [0.5, 0.6) is 0 Å². The van der Waals surface area contributed by atoms with Gasteiger partial charge in [0, 0.05) is 11.3 Å². The second kappa shape index (κ2) is 6.91. The number of nitrogens with one attached hydrogen (secondary N) is 1. The van der Waals surface area contributed by atoms with Gasteiger partial charge in [0.2, 0.25) is 5.91 Å². The Hall–Kier alpha value is -1.68. The number of nitrogens with zero attached hydrogens (tertiary/aromatic N) is 1. The zero-order chi connectivity index (χ0) is 13.5. The molecule has 18 heavy (non-hydrogen) atoms. The third-order valence-corrected chi connectivity index (χ3v) is 2.81. The number of amides is 1. The molecule has 0 unspecified atom stereocenters. The molecule has 98 valence electrons. The molecule has 0 radical (unpaired) electrons. The van der Waals surface area contributed by atoms with Crippen molar-refractivity contribution in [3.8, 4) is 0 Å². The van der Waals surface area contributed by atoms with E-state index in [0.29, 0.717) is 17.8 Å². The number of ketones is 1. The Morgan fingerprint density at radius 2 is 1.89 bits per heavy atom. The van der Waals surface area contributed by atoms with Gasteiger partial charge in [0.05, 0.1) is 6.54 Å². The second-order valence-electron chi connectivity index (χ2n) is 4.15. The molecule has 0 atom stereocenters. The van der Waals surface area contributed by atoms with E-state index in [1.54, 1.807) is 24.3 Å². The number of Topliss-reactive ketones (excluding diaryl/α,β-unsaturated/α-hetero) is 1. The third-order valence-electron chi connectivity index (χ3n) is 2.81. The lowest BCUT2D eigenvalue weighted by Gasteiger charge is -2.17. The van der Waals surface area contributed by atoms with Crippen molar-refractivity contribution in [2.75, 3.05) is 25.0 Å². The lowest BCUT2D eigenvalue weighted by Crippen LogP contribution is -2.32. The quantitative estimate of drug-likeness (QED) is 0.785.